The van der Waals surface area contributed by atoms with E-state index < -0.39 is 0 Å². The Balaban J connectivity index is 1.82. The minimum absolute atomic E-state index is 0.0940. The highest BCUT2D eigenvalue weighted by atomic mass is 32.2. The van der Waals surface area contributed by atoms with Crippen LogP contribution in [0.25, 0.3) is 11.8 Å². The minimum Gasteiger partial charge on any atom is -0.338 e. The van der Waals surface area contributed by atoms with Crippen molar-refractivity contribution in [2.24, 2.45) is 0 Å². The molecule has 1 aliphatic heterocycles. The van der Waals surface area contributed by atoms with Crippen molar-refractivity contribution in [1.82, 2.24) is 14.7 Å². The highest BCUT2D eigenvalue weighted by molar-refractivity contribution is 7.99. The number of aryl methyl sites for hydroxylation is 1. The number of aromatic nitrogens is 2. The number of amides is 1. The van der Waals surface area contributed by atoms with Gasteiger partial charge in [-0.2, -0.15) is 16.9 Å². The van der Waals surface area contributed by atoms with Crippen LogP contribution in [-0.2, 0) is 4.79 Å². The molecule has 1 fully saturated rings. The van der Waals surface area contributed by atoms with Crippen LogP contribution < -0.4 is 0 Å². The summed E-state index contributed by atoms with van der Waals surface area (Å²) in [6, 6.07) is 10.1. The second kappa shape index (κ2) is 7.04. The second-order valence-corrected chi connectivity index (χ2v) is 6.83. The fraction of sp³-hybridized carbons (Fsp3) is 0.333. The molecule has 0 radical (unpaired) electrons. The first-order valence-corrected chi connectivity index (χ1v) is 8.98. The monoisotopic (exact) mass is 327 g/mol. The number of carbonyl (C=O) groups excluding carboxylic acids is 1. The molecule has 120 valence electrons. The Morgan fingerprint density at radius 2 is 1.87 bits per heavy atom. The van der Waals surface area contributed by atoms with Gasteiger partial charge in [0, 0.05) is 41.9 Å². The van der Waals surface area contributed by atoms with Crippen molar-refractivity contribution in [1.29, 1.82) is 0 Å². The summed E-state index contributed by atoms with van der Waals surface area (Å²) < 4.78 is 1.93. The molecule has 5 heteroatoms. The molecule has 0 atom stereocenters. The highest BCUT2D eigenvalue weighted by Gasteiger charge is 2.15. The van der Waals surface area contributed by atoms with E-state index in [1.54, 1.807) is 6.08 Å². The number of thioether (sulfide) groups is 1. The molecule has 0 spiro atoms. The van der Waals surface area contributed by atoms with Gasteiger partial charge in [0.1, 0.15) is 0 Å². The number of benzene rings is 1. The fourth-order valence-corrected chi connectivity index (χ4v) is 3.66. The first kappa shape index (κ1) is 15.9. The van der Waals surface area contributed by atoms with Gasteiger partial charge < -0.3 is 4.90 Å². The Bertz CT molecular complexity index is 715. The lowest BCUT2D eigenvalue weighted by molar-refractivity contribution is -0.125. The maximum absolute atomic E-state index is 12.3. The topological polar surface area (TPSA) is 38.1 Å². The number of rotatable bonds is 3. The van der Waals surface area contributed by atoms with Crippen LogP contribution in [0.4, 0.5) is 0 Å². The van der Waals surface area contributed by atoms with Crippen LogP contribution in [0.15, 0.2) is 36.4 Å². The van der Waals surface area contributed by atoms with Crippen molar-refractivity contribution in [3.05, 3.63) is 53.4 Å². The summed E-state index contributed by atoms with van der Waals surface area (Å²) in [4.78, 5) is 14.2. The van der Waals surface area contributed by atoms with Crippen molar-refractivity contribution in [2.75, 3.05) is 24.6 Å². The SMILES string of the molecule is Cc1nn(-c2ccccc2)c(C)c1C=CC(=O)N1CCSCC1. The molecule has 23 heavy (non-hydrogen) atoms. The van der Waals surface area contributed by atoms with E-state index in [9.17, 15) is 4.79 Å². The maximum atomic E-state index is 12.3. The van der Waals surface area contributed by atoms with Gasteiger partial charge in [0.15, 0.2) is 0 Å². The molecule has 0 unspecified atom stereocenters. The summed E-state index contributed by atoms with van der Waals surface area (Å²) in [7, 11) is 0. The van der Waals surface area contributed by atoms with Crippen LogP contribution in [0.5, 0.6) is 0 Å². The van der Waals surface area contributed by atoms with Gasteiger partial charge in [-0.3, -0.25) is 4.79 Å². The molecule has 1 amide bonds. The number of para-hydroxylation sites is 1. The molecule has 0 bridgehead atoms. The van der Waals surface area contributed by atoms with E-state index in [1.165, 1.54) is 0 Å². The van der Waals surface area contributed by atoms with E-state index in [2.05, 4.69) is 5.10 Å². The average Bonchev–Trinajstić information content (AvgIpc) is 2.88. The molecule has 1 aliphatic rings. The third kappa shape index (κ3) is 3.50. The Labute approximate surface area is 141 Å². The van der Waals surface area contributed by atoms with Crippen molar-refractivity contribution < 1.29 is 4.79 Å². The second-order valence-electron chi connectivity index (χ2n) is 5.60. The summed E-state index contributed by atoms with van der Waals surface area (Å²) in [6.07, 6.45) is 3.59. The minimum atomic E-state index is 0.0940. The van der Waals surface area contributed by atoms with Gasteiger partial charge in [0.25, 0.3) is 0 Å². The van der Waals surface area contributed by atoms with E-state index in [-0.39, 0.29) is 5.91 Å². The summed E-state index contributed by atoms with van der Waals surface area (Å²) in [6.45, 7) is 5.70. The van der Waals surface area contributed by atoms with Crippen molar-refractivity contribution >= 4 is 23.7 Å². The van der Waals surface area contributed by atoms with E-state index in [4.69, 9.17) is 0 Å². The van der Waals surface area contributed by atoms with Gasteiger partial charge in [-0.1, -0.05) is 18.2 Å². The van der Waals surface area contributed by atoms with Gasteiger partial charge in [-0.15, -0.1) is 0 Å². The van der Waals surface area contributed by atoms with E-state index in [1.807, 2.05) is 71.6 Å². The first-order chi connectivity index (χ1) is 11.2. The predicted molar refractivity (Wildman–Crippen MR) is 96.0 cm³/mol. The summed E-state index contributed by atoms with van der Waals surface area (Å²) >= 11 is 1.91. The number of carbonyl (C=O) groups is 1. The lowest BCUT2D eigenvalue weighted by Crippen LogP contribution is -2.36. The average molecular weight is 327 g/mol. The molecule has 3 rings (SSSR count). The van der Waals surface area contributed by atoms with Crippen molar-refractivity contribution in [2.45, 2.75) is 13.8 Å². The summed E-state index contributed by atoms with van der Waals surface area (Å²) in [5, 5.41) is 4.61. The lowest BCUT2D eigenvalue weighted by Gasteiger charge is -2.25. The van der Waals surface area contributed by atoms with E-state index >= 15 is 0 Å². The molecular formula is C18H21N3OS. The third-order valence-corrected chi connectivity index (χ3v) is 5.01. The van der Waals surface area contributed by atoms with Gasteiger partial charge in [-0.05, 0) is 32.1 Å². The molecule has 1 aromatic carbocycles. The molecule has 1 saturated heterocycles. The first-order valence-electron chi connectivity index (χ1n) is 7.83. The summed E-state index contributed by atoms with van der Waals surface area (Å²) in [5.41, 5.74) is 4.04. The zero-order chi connectivity index (χ0) is 16.2. The number of nitrogens with zero attached hydrogens (tertiary/aromatic N) is 3. The molecule has 0 aliphatic carbocycles. The predicted octanol–water partition coefficient (Wildman–Crippen LogP) is 3.08. The molecule has 1 aromatic heterocycles. The van der Waals surface area contributed by atoms with Crippen LogP contribution in [-0.4, -0.2) is 45.2 Å². The van der Waals surface area contributed by atoms with Crippen LogP contribution in [0.1, 0.15) is 17.0 Å². The fourth-order valence-electron chi connectivity index (χ4n) is 2.76. The van der Waals surface area contributed by atoms with Crippen LogP contribution in [0.2, 0.25) is 0 Å². The molecular weight excluding hydrogens is 306 g/mol. The molecule has 0 N–H and O–H groups in total. The molecule has 0 saturated carbocycles. The van der Waals surface area contributed by atoms with E-state index in [0.29, 0.717) is 0 Å². The number of hydrogen-bond donors (Lipinski definition) is 0. The van der Waals surface area contributed by atoms with Gasteiger partial charge in [0.05, 0.1) is 11.4 Å². The van der Waals surface area contributed by atoms with Gasteiger partial charge in [0.2, 0.25) is 5.91 Å². The quantitative estimate of drug-likeness (QED) is 0.813. The smallest absolute Gasteiger partial charge is 0.246 e. The van der Waals surface area contributed by atoms with Crippen molar-refractivity contribution in [3.63, 3.8) is 0 Å². The standard InChI is InChI=1S/C18H21N3OS/c1-14-17(8-9-18(22)20-10-12-23-13-11-20)15(2)21(19-14)16-6-4-3-5-7-16/h3-9H,10-13H2,1-2H3. The lowest BCUT2D eigenvalue weighted by atomic mass is 10.1. The van der Waals surface area contributed by atoms with Crippen molar-refractivity contribution in [3.8, 4) is 5.69 Å². The molecule has 4 nitrogen and oxygen atoms in total. The summed E-state index contributed by atoms with van der Waals surface area (Å²) in [5.74, 6) is 2.16. The number of hydrogen-bond acceptors (Lipinski definition) is 3. The maximum Gasteiger partial charge on any atom is 0.246 e. The normalized spacial score (nSPS) is 15.3. The Morgan fingerprint density at radius 1 is 1.17 bits per heavy atom. The Hall–Kier alpha value is -2.01. The van der Waals surface area contributed by atoms with Gasteiger partial charge >= 0.3 is 0 Å². The van der Waals surface area contributed by atoms with Crippen LogP contribution >= 0.6 is 11.8 Å². The zero-order valence-corrected chi connectivity index (χ0v) is 14.3. The van der Waals surface area contributed by atoms with Crippen LogP contribution in [0, 0.1) is 13.8 Å². The zero-order valence-electron chi connectivity index (χ0n) is 13.5. The Morgan fingerprint density at radius 3 is 2.57 bits per heavy atom. The van der Waals surface area contributed by atoms with Gasteiger partial charge in [-0.25, -0.2) is 4.68 Å². The molecule has 2 heterocycles. The van der Waals surface area contributed by atoms with Crippen LogP contribution in [0.3, 0.4) is 0 Å². The largest absolute Gasteiger partial charge is 0.338 e. The van der Waals surface area contributed by atoms with E-state index in [0.717, 1.165) is 47.2 Å². The molecule has 2 aromatic rings. The highest BCUT2D eigenvalue weighted by Crippen LogP contribution is 2.19. The third-order valence-electron chi connectivity index (χ3n) is 4.06. The Kier molecular flexibility index (Phi) is 4.86.